The number of fused-ring (bicyclic) bond motifs is 2. The van der Waals surface area contributed by atoms with Crippen LogP contribution in [0, 0.1) is 5.41 Å². The van der Waals surface area contributed by atoms with Crippen LogP contribution < -0.4 is 0 Å². The minimum Gasteiger partial charge on any atom is -0.380 e. The van der Waals surface area contributed by atoms with Crippen molar-refractivity contribution >= 4 is 6.08 Å². The molecule has 1 fully saturated rings. The molecular weight excluding hydrogens is 245 g/mol. The number of H-pyrrole nitrogens is 1. The van der Waals surface area contributed by atoms with Crippen LogP contribution in [0.4, 0.5) is 13.2 Å². The lowest BCUT2D eigenvalue weighted by atomic mass is 9.67. The van der Waals surface area contributed by atoms with E-state index in [9.17, 15) is 18.3 Å². The first-order valence-electron chi connectivity index (χ1n) is 5.80. The summed E-state index contributed by atoms with van der Waals surface area (Å²) >= 11 is 0. The van der Waals surface area contributed by atoms with E-state index >= 15 is 0 Å². The molecule has 1 aromatic rings. The van der Waals surface area contributed by atoms with Crippen LogP contribution in [-0.4, -0.2) is 27.1 Å². The fourth-order valence-electron chi connectivity index (χ4n) is 3.22. The molecule has 0 aromatic carbocycles. The van der Waals surface area contributed by atoms with Gasteiger partial charge in [0.1, 0.15) is 0 Å². The van der Waals surface area contributed by atoms with Gasteiger partial charge in [0.2, 0.25) is 0 Å². The molecule has 6 heteroatoms. The molecule has 3 nitrogen and oxygen atoms in total. The summed E-state index contributed by atoms with van der Waals surface area (Å²) in [5, 5.41) is 16.8. The molecule has 2 atom stereocenters. The van der Waals surface area contributed by atoms with E-state index in [1.807, 2.05) is 0 Å². The molecule has 3 rings (SSSR count). The average Bonchev–Trinajstić information content (AvgIpc) is 2.79. The normalized spacial score (nSPS) is 35.1. The largest absolute Gasteiger partial charge is 0.418 e. The number of hydrogen-bond acceptors (Lipinski definition) is 2. The molecule has 1 saturated carbocycles. The minimum atomic E-state index is -4.61. The molecule has 2 aliphatic carbocycles. The molecule has 0 radical (unpaired) electrons. The number of aromatic amines is 1. The van der Waals surface area contributed by atoms with Crippen LogP contribution in [0.15, 0.2) is 11.8 Å². The molecule has 0 aliphatic heterocycles. The van der Waals surface area contributed by atoms with Crippen molar-refractivity contribution in [2.24, 2.45) is 5.41 Å². The zero-order valence-electron chi connectivity index (χ0n) is 9.80. The smallest absolute Gasteiger partial charge is 0.380 e. The van der Waals surface area contributed by atoms with Crippen LogP contribution in [0.1, 0.15) is 31.0 Å². The lowest BCUT2D eigenvalue weighted by molar-refractivity contribution is -0.287. The third-order valence-corrected chi connectivity index (χ3v) is 4.46. The number of aromatic nitrogens is 2. The predicted octanol–water partition coefficient (Wildman–Crippen LogP) is 2.44. The molecule has 0 amide bonds. The second-order valence-electron chi connectivity index (χ2n) is 5.35. The number of alkyl halides is 3. The second kappa shape index (κ2) is 3.17. The Labute approximate surface area is 102 Å². The zero-order chi connectivity index (χ0) is 13.2. The lowest BCUT2D eigenvalue weighted by Crippen LogP contribution is -2.55. The maximum Gasteiger partial charge on any atom is 0.418 e. The topological polar surface area (TPSA) is 48.9 Å². The van der Waals surface area contributed by atoms with E-state index in [4.69, 9.17) is 0 Å². The predicted molar refractivity (Wildman–Crippen MR) is 58.6 cm³/mol. The molecule has 2 aliphatic rings. The third kappa shape index (κ3) is 1.21. The highest BCUT2D eigenvalue weighted by atomic mass is 19.4. The van der Waals surface area contributed by atoms with Gasteiger partial charge in [-0.25, -0.2) is 0 Å². The number of halogens is 3. The fourth-order valence-corrected chi connectivity index (χ4v) is 3.22. The molecule has 0 bridgehead atoms. The van der Waals surface area contributed by atoms with Gasteiger partial charge in [-0.2, -0.15) is 18.3 Å². The summed E-state index contributed by atoms with van der Waals surface area (Å²) in [7, 11) is 0. The maximum atomic E-state index is 13.2. The van der Waals surface area contributed by atoms with E-state index < -0.39 is 17.2 Å². The van der Waals surface area contributed by atoms with Crippen LogP contribution in [0.25, 0.3) is 6.08 Å². The van der Waals surface area contributed by atoms with Crippen LogP contribution in [0.5, 0.6) is 0 Å². The van der Waals surface area contributed by atoms with Crippen molar-refractivity contribution in [1.82, 2.24) is 10.2 Å². The molecule has 2 N–H and O–H groups in total. The van der Waals surface area contributed by atoms with Crippen molar-refractivity contribution in [2.45, 2.75) is 38.0 Å². The first-order valence-corrected chi connectivity index (χ1v) is 5.80. The molecule has 1 aromatic heterocycles. The molecule has 98 valence electrons. The van der Waals surface area contributed by atoms with Gasteiger partial charge < -0.3 is 5.11 Å². The highest BCUT2D eigenvalue weighted by molar-refractivity contribution is 5.60. The monoisotopic (exact) mass is 258 g/mol. The summed E-state index contributed by atoms with van der Waals surface area (Å²) in [4.78, 5) is 0. The quantitative estimate of drug-likeness (QED) is 0.751. The number of aliphatic hydroxyl groups is 1. The van der Waals surface area contributed by atoms with Gasteiger partial charge in [-0.1, -0.05) is 12.5 Å². The van der Waals surface area contributed by atoms with E-state index in [0.717, 1.165) is 11.3 Å². The first-order chi connectivity index (χ1) is 8.28. The number of nitrogens with zero attached hydrogens (tertiary/aromatic N) is 1. The van der Waals surface area contributed by atoms with Gasteiger partial charge in [0.25, 0.3) is 0 Å². The highest BCUT2D eigenvalue weighted by Crippen LogP contribution is 2.60. The molecule has 0 unspecified atom stereocenters. The summed E-state index contributed by atoms with van der Waals surface area (Å²) in [6.07, 6.45) is -1.21. The van der Waals surface area contributed by atoms with Crippen LogP contribution in [0.2, 0.25) is 0 Å². The summed E-state index contributed by atoms with van der Waals surface area (Å²) < 4.78 is 39.5. The summed E-state index contributed by atoms with van der Waals surface area (Å²) in [6.45, 7) is 1.50. The van der Waals surface area contributed by atoms with Crippen molar-refractivity contribution in [1.29, 1.82) is 0 Å². The van der Waals surface area contributed by atoms with Gasteiger partial charge in [0, 0.05) is 5.41 Å². The number of hydrogen-bond donors (Lipinski definition) is 2. The second-order valence-corrected chi connectivity index (χ2v) is 5.35. The Morgan fingerprint density at radius 2 is 2.17 bits per heavy atom. The summed E-state index contributed by atoms with van der Waals surface area (Å²) in [5.41, 5.74) is -1.78. The zero-order valence-corrected chi connectivity index (χ0v) is 9.80. The van der Waals surface area contributed by atoms with Gasteiger partial charge in [-0.05, 0) is 30.9 Å². The third-order valence-electron chi connectivity index (χ3n) is 4.46. The lowest BCUT2D eigenvalue weighted by Gasteiger charge is -2.42. The van der Waals surface area contributed by atoms with E-state index in [-0.39, 0.29) is 19.3 Å². The van der Waals surface area contributed by atoms with Gasteiger partial charge in [-0.3, -0.25) is 5.10 Å². The van der Waals surface area contributed by atoms with Crippen molar-refractivity contribution in [3.63, 3.8) is 0 Å². The van der Waals surface area contributed by atoms with Crippen molar-refractivity contribution in [3.8, 4) is 0 Å². The van der Waals surface area contributed by atoms with E-state index in [2.05, 4.69) is 10.2 Å². The van der Waals surface area contributed by atoms with E-state index in [1.54, 1.807) is 6.08 Å². The Hall–Kier alpha value is -1.30. The molecule has 0 spiro atoms. The SMILES string of the molecule is C[C@]12Cc3cn[nH]c3C=C1CC[C@@]2(O)C(F)(F)F. The standard InChI is InChI=1S/C12H13F3N2O/c1-10-5-7-6-16-17-9(7)4-8(10)2-3-11(10,18)12(13,14)15/h4,6,18H,2-3,5H2,1H3,(H,16,17)/t10-,11-/m0/s1. The molecule has 1 heterocycles. The molecule has 0 saturated heterocycles. The Kier molecular flexibility index (Phi) is 2.07. The summed E-state index contributed by atoms with van der Waals surface area (Å²) in [5.74, 6) is 0. The van der Waals surface area contributed by atoms with Gasteiger partial charge in [0.15, 0.2) is 5.60 Å². The maximum absolute atomic E-state index is 13.2. The summed E-state index contributed by atoms with van der Waals surface area (Å²) in [6, 6.07) is 0. The average molecular weight is 258 g/mol. The van der Waals surface area contributed by atoms with Crippen molar-refractivity contribution in [3.05, 3.63) is 23.0 Å². The minimum absolute atomic E-state index is 0.167. The molecule has 18 heavy (non-hydrogen) atoms. The van der Waals surface area contributed by atoms with Crippen molar-refractivity contribution < 1.29 is 18.3 Å². The fraction of sp³-hybridized carbons (Fsp3) is 0.583. The van der Waals surface area contributed by atoms with Crippen LogP contribution in [-0.2, 0) is 6.42 Å². The first kappa shape index (κ1) is 11.8. The molecular formula is C12H13F3N2O. The number of rotatable bonds is 0. The Balaban J connectivity index is 2.13. The van der Waals surface area contributed by atoms with E-state index in [1.165, 1.54) is 13.1 Å². The van der Waals surface area contributed by atoms with Gasteiger partial charge >= 0.3 is 6.18 Å². The van der Waals surface area contributed by atoms with Gasteiger partial charge in [-0.15, -0.1) is 0 Å². The van der Waals surface area contributed by atoms with E-state index in [0.29, 0.717) is 5.57 Å². The Morgan fingerprint density at radius 3 is 2.83 bits per heavy atom. The van der Waals surface area contributed by atoms with Gasteiger partial charge in [0.05, 0.1) is 11.9 Å². The Bertz CT molecular complexity index is 534. The van der Waals surface area contributed by atoms with Crippen LogP contribution >= 0.6 is 0 Å². The number of nitrogens with one attached hydrogen (secondary N) is 1. The van der Waals surface area contributed by atoms with Crippen LogP contribution in [0.3, 0.4) is 0 Å². The van der Waals surface area contributed by atoms with Crippen molar-refractivity contribution in [2.75, 3.05) is 0 Å². The highest BCUT2D eigenvalue weighted by Gasteiger charge is 2.68. The Morgan fingerprint density at radius 1 is 1.44 bits per heavy atom.